The summed E-state index contributed by atoms with van der Waals surface area (Å²) in [5.74, 6) is 0.441. The van der Waals surface area contributed by atoms with E-state index in [1.165, 1.54) is 7.11 Å². The van der Waals surface area contributed by atoms with Gasteiger partial charge < -0.3 is 9.47 Å². The van der Waals surface area contributed by atoms with Gasteiger partial charge in [-0.2, -0.15) is 0 Å². The zero-order valence-corrected chi connectivity index (χ0v) is 13.2. The van der Waals surface area contributed by atoms with Gasteiger partial charge in [0.2, 0.25) is 0 Å². The maximum Gasteiger partial charge on any atom is 0.324 e. The summed E-state index contributed by atoms with van der Waals surface area (Å²) in [5, 5.41) is 0. The van der Waals surface area contributed by atoms with Crippen molar-refractivity contribution in [3.8, 4) is 5.75 Å². The van der Waals surface area contributed by atoms with Gasteiger partial charge in [-0.15, -0.1) is 0 Å². The molecular formula is C20H18O3. The number of carbonyl (C=O) groups is 1. The van der Waals surface area contributed by atoms with Gasteiger partial charge >= 0.3 is 5.97 Å². The van der Waals surface area contributed by atoms with E-state index in [1.54, 1.807) is 7.11 Å². The van der Waals surface area contributed by atoms with Crippen LogP contribution in [0, 0.1) is 0 Å². The van der Waals surface area contributed by atoms with Crippen molar-refractivity contribution >= 4 is 5.97 Å². The molecular weight excluding hydrogens is 288 g/mol. The van der Waals surface area contributed by atoms with Crippen LogP contribution in [0.25, 0.3) is 0 Å². The fourth-order valence-electron chi connectivity index (χ4n) is 2.83. The Morgan fingerprint density at radius 2 is 1.74 bits per heavy atom. The third kappa shape index (κ3) is 2.66. The Hall–Kier alpha value is -2.81. The van der Waals surface area contributed by atoms with E-state index < -0.39 is 5.41 Å². The summed E-state index contributed by atoms with van der Waals surface area (Å²) in [5.41, 5.74) is 1.99. The van der Waals surface area contributed by atoms with Crippen molar-refractivity contribution in [1.29, 1.82) is 0 Å². The van der Waals surface area contributed by atoms with E-state index in [0.29, 0.717) is 0 Å². The van der Waals surface area contributed by atoms with E-state index in [2.05, 4.69) is 0 Å². The van der Waals surface area contributed by atoms with Crippen LogP contribution in [0.5, 0.6) is 5.75 Å². The molecule has 1 aromatic carbocycles. The van der Waals surface area contributed by atoms with Gasteiger partial charge in [0, 0.05) is 0 Å². The molecule has 3 heteroatoms. The highest BCUT2D eigenvalue weighted by molar-refractivity contribution is 5.90. The number of carbonyl (C=O) groups excluding carboxylic acids is 1. The molecule has 0 radical (unpaired) electrons. The minimum Gasteiger partial charge on any atom is -0.497 e. The standard InChI is InChI=1S/C20H18O3/c1-22-18-10-8-17(9-11-18)20(19(21)23-2)13-12-15-6-4-3-5-7-16(15)14-20/h3-14H,1-2H3. The number of hydrogen-bond acceptors (Lipinski definition) is 3. The Balaban J connectivity index is 2.13. The van der Waals surface area contributed by atoms with Crippen LogP contribution in [0.15, 0.2) is 84.0 Å². The molecule has 0 heterocycles. The molecule has 3 rings (SSSR count). The largest absolute Gasteiger partial charge is 0.497 e. The normalized spacial score (nSPS) is 21.8. The molecule has 0 aliphatic heterocycles. The van der Waals surface area contributed by atoms with Gasteiger partial charge in [0.05, 0.1) is 14.2 Å². The maximum atomic E-state index is 12.6. The molecule has 116 valence electrons. The molecule has 2 aliphatic carbocycles. The van der Waals surface area contributed by atoms with E-state index in [-0.39, 0.29) is 5.97 Å². The number of fused-ring (bicyclic) bond motifs is 1. The van der Waals surface area contributed by atoms with Crippen molar-refractivity contribution in [1.82, 2.24) is 0 Å². The van der Waals surface area contributed by atoms with E-state index in [9.17, 15) is 4.79 Å². The van der Waals surface area contributed by atoms with Crippen molar-refractivity contribution in [2.24, 2.45) is 0 Å². The van der Waals surface area contributed by atoms with E-state index in [1.807, 2.05) is 72.9 Å². The summed E-state index contributed by atoms with van der Waals surface area (Å²) < 4.78 is 10.3. The first-order valence-corrected chi connectivity index (χ1v) is 7.40. The first kappa shape index (κ1) is 15.1. The van der Waals surface area contributed by atoms with Crippen molar-refractivity contribution < 1.29 is 14.3 Å². The molecule has 0 amide bonds. The lowest BCUT2D eigenvalue weighted by Gasteiger charge is -2.29. The number of methoxy groups -OCH3 is 2. The van der Waals surface area contributed by atoms with Crippen LogP contribution in [0.3, 0.4) is 0 Å². The molecule has 23 heavy (non-hydrogen) atoms. The van der Waals surface area contributed by atoms with Crippen LogP contribution in [0.2, 0.25) is 0 Å². The molecule has 0 bridgehead atoms. The Kier molecular flexibility index (Phi) is 4.02. The minimum absolute atomic E-state index is 0.309. The topological polar surface area (TPSA) is 35.5 Å². The van der Waals surface area contributed by atoms with Crippen molar-refractivity contribution in [3.05, 3.63) is 89.6 Å². The second-order valence-electron chi connectivity index (χ2n) is 5.39. The molecule has 1 unspecified atom stereocenters. The highest BCUT2D eigenvalue weighted by atomic mass is 16.5. The van der Waals surface area contributed by atoms with Crippen LogP contribution >= 0.6 is 0 Å². The van der Waals surface area contributed by atoms with Crippen LogP contribution < -0.4 is 4.74 Å². The molecule has 0 spiro atoms. The van der Waals surface area contributed by atoms with Gasteiger partial charge in [-0.3, -0.25) is 4.79 Å². The fraction of sp³-hybridized carbons (Fsp3) is 0.150. The molecule has 3 nitrogen and oxygen atoms in total. The number of ether oxygens (including phenoxy) is 2. The molecule has 0 saturated heterocycles. The fourth-order valence-corrected chi connectivity index (χ4v) is 2.83. The molecule has 0 N–H and O–H groups in total. The zero-order chi connectivity index (χ0) is 16.3. The maximum absolute atomic E-state index is 12.6. The Morgan fingerprint density at radius 1 is 0.957 bits per heavy atom. The van der Waals surface area contributed by atoms with E-state index >= 15 is 0 Å². The molecule has 1 atom stereocenters. The van der Waals surface area contributed by atoms with E-state index in [4.69, 9.17) is 9.47 Å². The molecule has 1 aromatic rings. The lowest BCUT2D eigenvalue weighted by Crippen LogP contribution is -2.34. The third-order valence-corrected chi connectivity index (χ3v) is 4.11. The first-order valence-electron chi connectivity index (χ1n) is 7.40. The summed E-state index contributed by atoms with van der Waals surface area (Å²) in [7, 11) is 3.03. The van der Waals surface area contributed by atoms with Crippen molar-refractivity contribution in [3.63, 3.8) is 0 Å². The van der Waals surface area contributed by atoms with Gasteiger partial charge in [-0.25, -0.2) is 0 Å². The molecule has 2 aliphatic rings. The number of benzene rings is 1. The SMILES string of the molecule is COC(=O)C1(c2ccc(OC)cc2)C=CC2=CC=CC=CC2=C1. The summed E-state index contributed by atoms with van der Waals surface area (Å²) in [6.07, 6.45) is 15.8. The molecule has 0 fully saturated rings. The number of rotatable bonds is 3. The summed E-state index contributed by atoms with van der Waals surface area (Å²) >= 11 is 0. The lowest BCUT2D eigenvalue weighted by atomic mass is 9.74. The highest BCUT2D eigenvalue weighted by Crippen LogP contribution is 2.37. The Bertz CT molecular complexity index is 761. The zero-order valence-electron chi connectivity index (χ0n) is 13.2. The van der Waals surface area contributed by atoms with Crippen LogP contribution in [-0.4, -0.2) is 20.2 Å². The number of hydrogen-bond donors (Lipinski definition) is 0. The van der Waals surface area contributed by atoms with Gasteiger partial charge in [0.15, 0.2) is 0 Å². The monoisotopic (exact) mass is 306 g/mol. The number of allylic oxidation sites excluding steroid dienone is 8. The van der Waals surface area contributed by atoms with Crippen molar-refractivity contribution in [2.75, 3.05) is 14.2 Å². The predicted octanol–water partition coefficient (Wildman–Crippen LogP) is 3.65. The van der Waals surface area contributed by atoms with Gasteiger partial charge in [0.25, 0.3) is 0 Å². The second kappa shape index (κ2) is 6.13. The highest BCUT2D eigenvalue weighted by Gasteiger charge is 2.39. The quantitative estimate of drug-likeness (QED) is 0.800. The second-order valence-corrected chi connectivity index (χ2v) is 5.39. The van der Waals surface area contributed by atoms with Gasteiger partial charge in [-0.05, 0) is 28.8 Å². The Morgan fingerprint density at radius 3 is 2.43 bits per heavy atom. The van der Waals surface area contributed by atoms with Crippen LogP contribution in [0.4, 0.5) is 0 Å². The molecule has 0 saturated carbocycles. The van der Waals surface area contributed by atoms with Crippen LogP contribution in [-0.2, 0) is 14.9 Å². The summed E-state index contributed by atoms with van der Waals surface area (Å²) in [4.78, 5) is 12.6. The number of esters is 1. The molecule has 0 aromatic heterocycles. The van der Waals surface area contributed by atoms with Gasteiger partial charge in [0.1, 0.15) is 11.2 Å². The average molecular weight is 306 g/mol. The lowest BCUT2D eigenvalue weighted by molar-refractivity contribution is -0.143. The third-order valence-electron chi connectivity index (χ3n) is 4.11. The van der Waals surface area contributed by atoms with E-state index in [0.717, 1.165) is 22.5 Å². The summed E-state index contributed by atoms with van der Waals surface area (Å²) in [6.45, 7) is 0. The van der Waals surface area contributed by atoms with Crippen molar-refractivity contribution in [2.45, 2.75) is 5.41 Å². The summed E-state index contributed by atoms with van der Waals surface area (Å²) in [6, 6.07) is 7.49. The van der Waals surface area contributed by atoms with Crippen LogP contribution in [0.1, 0.15) is 5.56 Å². The smallest absolute Gasteiger partial charge is 0.324 e. The first-order chi connectivity index (χ1) is 11.2. The average Bonchev–Trinajstić information content (AvgIpc) is 2.85. The van der Waals surface area contributed by atoms with Gasteiger partial charge in [-0.1, -0.05) is 60.7 Å². The predicted molar refractivity (Wildman–Crippen MR) is 90.3 cm³/mol. The minimum atomic E-state index is -0.928. The Labute approximate surface area is 135 Å².